The van der Waals surface area contributed by atoms with Gasteiger partial charge < -0.3 is 5.32 Å². The molecule has 0 bridgehead atoms. The Morgan fingerprint density at radius 1 is 1.22 bits per heavy atom. The Bertz CT molecular complexity index is 559. The summed E-state index contributed by atoms with van der Waals surface area (Å²) in [7, 11) is 1.80. The Morgan fingerprint density at radius 3 is 2.67 bits per heavy atom. The number of nitrogens with one attached hydrogen (secondary N) is 1. The summed E-state index contributed by atoms with van der Waals surface area (Å²) in [5.74, 6) is -0.238. The standard InChI is InChI=1S/C14H12BrClFN/c1-18-14(9-3-2-4-11(16)7-9)12-8-10(15)5-6-13(12)17/h2-8,14,18H,1H3. The summed E-state index contributed by atoms with van der Waals surface area (Å²) in [4.78, 5) is 0. The first kappa shape index (κ1) is 13.5. The molecule has 0 saturated carbocycles. The molecule has 4 heteroatoms. The van der Waals surface area contributed by atoms with E-state index in [1.54, 1.807) is 25.2 Å². The van der Waals surface area contributed by atoms with Gasteiger partial charge in [0, 0.05) is 15.1 Å². The van der Waals surface area contributed by atoms with Crippen molar-refractivity contribution in [2.75, 3.05) is 7.05 Å². The van der Waals surface area contributed by atoms with Gasteiger partial charge in [-0.05, 0) is 42.9 Å². The minimum absolute atomic E-state index is 0.221. The van der Waals surface area contributed by atoms with Crippen LogP contribution in [0, 0.1) is 5.82 Å². The fraction of sp³-hybridized carbons (Fsp3) is 0.143. The zero-order valence-electron chi connectivity index (χ0n) is 9.75. The average molecular weight is 329 g/mol. The molecule has 0 radical (unpaired) electrons. The predicted molar refractivity (Wildman–Crippen MR) is 76.5 cm³/mol. The quantitative estimate of drug-likeness (QED) is 0.871. The monoisotopic (exact) mass is 327 g/mol. The van der Waals surface area contributed by atoms with Crippen molar-refractivity contribution >= 4 is 27.5 Å². The zero-order chi connectivity index (χ0) is 13.1. The normalized spacial score (nSPS) is 12.4. The molecule has 94 valence electrons. The molecular weight excluding hydrogens is 317 g/mol. The van der Waals surface area contributed by atoms with Gasteiger partial charge in [-0.25, -0.2) is 4.39 Å². The molecule has 1 nitrogen and oxygen atoms in total. The third-order valence-electron chi connectivity index (χ3n) is 2.74. The van der Waals surface area contributed by atoms with Crippen molar-refractivity contribution in [1.82, 2.24) is 5.32 Å². The largest absolute Gasteiger partial charge is 0.309 e. The second kappa shape index (κ2) is 5.83. The molecule has 0 aliphatic rings. The number of halogens is 3. The van der Waals surface area contributed by atoms with Crippen LogP contribution in [0.15, 0.2) is 46.9 Å². The van der Waals surface area contributed by atoms with Crippen LogP contribution < -0.4 is 5.32 Å². The summed E-state index contributed by atoms with van der Waals surface area (Å²) in [6.07, 6.45) is 0. The van der Waals surface area contributed by atoms with Crippen molar-refractivity contribution in [2.45, 2.75) is 6.04 Å². The van der Waals surface area contributed by atoms with Crippen molar-refractivity contribution in [3.63, 3.8) is 0 Å². The summed E-state index contributed by atoms with van der Waals surface area (Å²) < 4.78 is 14.7. The highest BCUT2D eigenvalue weighted by Crippen LogP contribution is 2.28. The van der Waals surface area contributed by atoms with E-state index >= 15 is 0 Å². The molecule has 0 aliphatic carbocycles. The molecule has 1 atom stereocenters. The fourth-order valence-corrected chi connectivity index (χ4v) is 2.50. The van der Waals surface area contributed by atoms with Crippen LogP contribution in [0.5, 0.6) is 0 Å². The lowest BCUT2D eigenvalue weighted by Gasteiger charge is -2.18. The highest BCUT2D eigenvalue weighted by Gasteiger charge is 2.16. The van der Waals surface area contributed by atoms with E-state index in [0.29, 0.717) is 10.6 Å². The van der Waals surface area contributed by atoms with Gasteiger partial charge in [-0.2, -0.15) is 0 Å². The number of hydrogen-bond acceptors (Lipinski definition) is 1. The molecule has 2 aromatic rings. The minimum atomic E-state index is -0.238. The molecule has 0 spiro atoms. The van der Waals surface area contributed by atoms with Gasteiger partial charge in [0.2, 0.25) is 0 Å². The number of hydrogen-bond donors (Lipinski definition) is 1. The Labute approximate surface area is 119 Å². The summed E-state index contributed by atoms with van der Waals surface area (Å²) in [6.45, 7) is 0. The van der Waals surface area contributed by atoms with Crippen molar-refractivity contribution in [3.8, 4) is 0 Å². The fourth-order valence-electron chi connectivity index (χ4n) is 1.92. The van der Waals surface area contributed by atoms with Gasteiger partial charge in [-0.1, -0.05) is 39.7 Å². The first-order valence-corrected chi connectivity index (χ1v) is 6.66. The van der Waals surface area contributed by atoms with E-state index in [0.717, 1.165) is 10.0 Å². The zero-order valence-corrected chi connectivity index (χ0v) is 12.1. The van der Waals surface area contributed by atoms with Gasteiger partial charge in [-0.15, -0.1) is 0 Å². The van der Waals surface area contributed by atoms with Crippen molar-refractivity contribution < 1.29 is 4.39 Å². The molecule has 2 aromatic carbocycles. The molecule has 0 heterocycles. The second-order valence-corrected chi connectivity index (χ2v) is 5.29. The Hall–Kier alpha value is -0.900. The van der Waals surface area contributed by atoms with Gasteiger partial charge in [0.1, 0.15) is 5.82 Å². The van der Waals surface area contributed by atoms with Crippen LogP contribution in [0.1, 0.15) is 17.2 Å². The van der Waals surface area contributed by atoms with Gasteiger partial charge in [-0.3, -0.25) is 0 Å². The first-order valence-electron chi connectivity index (χ1n) is 5.49. The molecular formula is C14H12BrClFN. The van der Waals surface area contributed by atoms with Crippen molar-refractivity contribution in [3.05, 3.63) is 68.9 Å². The third kappa shape index (κ3) is 2.91. The molecule has 0 amide bonds. The van der Waals surface area contributed by atoms with E-state index in [9.17, 15) is 4.39 Å². The Balaban J connectivity index is 2.48. The highest BCUT2D eigenvalue weighted by atomic mass is 79.9. The molecule has 0 aliphatic heterocycles. The highest BCUT2D eigenvalue weighted by molar-refractivity contribution is 9.10. The van der Waals surface area contributed by atoms with Crippen LogP contribution in [0.4, 0.5) is 4.39 Å². The summed E-state index contributed by atoms with van der Waals surface area (Å²) in [5.41, 5.74) is 1.52. The maximum absolute atomic E-state index is 13.9. The summed E-state index contributed by atoms with van der Waals surface area (Å²) in [5, 5.41) is 3.75. The van der Waals surface area contributed by atoms with E-state index in [4.69, 9.17) is 11.6 Å². The maximum Gasteiger partial charge on any atom is 0.128 e. The van der Waals surface area contributed by atoms with Crippen LogP contribution in [-0.4, -0.2) is 7.05 Å². The van der Waals surface area contributed by atoms with Gasteiger partial charge in [0.05, 0.1) is 6.04 Å². The predicted octanol–water partition coefficient (Wildman–Crippen LogP) is 4.55. The van der Waals surface area contributed by atoms with E-state index in [1.165, 1.54) is 6.07 Å². The molecule has 0 fully saturated rings. The molecule has 1 unspecified atom stereocenters. The van der Waals surface area contributed by atoms with Crippen molar-refractivity contribution in [1.29, 1.82) is 0 Å². The molecule has 0 saturated heterocycles. The third-order valence-corrected chi connectivity index (χ3v) is 3.47. The minimum Gasteiger partial charge on any atom is -0.309 e. The van der Waals surface area contributed by atoms with Gasteiger partial charge in [0.15, 0.2) is 0 Å². The molecule has 1 N–H and O–H groups in total. The van der Waals surface area contributed by atoms with Gasteiger partial charge in [0.25, 0.3) is 0 Å². The topological polar surface area (TPSA) is 12.0 Å². The van der Waals surface area contributed by atoms with E-state index in [2.05, 4.69) is 21.2 Å². The van der Waals surface area contributed by atoms with Crippen molar-refractivity contribution in [2.24, 2.45) is 0 Å². The van der Waals surface area contributed by atoms with Crippen LogP contribution in [0.2, 0.25) is 5.02 Å². The maximum atomic E-state index is 13.9. The Kier molecular flexibility index (Phi) is 4.38. The number of rotatable bonds is 3. The molecule has 18 heavy (non-hydrogen) atoms. The van der Waals surface area contributed by atoms with Gasteiger partial charge >= 0.3 is 0 Å². The van der Waals surface area contributed by atoms with Crippen LogP contribution in [0.3, 0.4) is 0 Å². The van der Waals surface area contributed by atoms with Crippen LogP contribution in [0.25, 0.3) is 0 Å². The number of benzene rings is 2. The lowest BCUT2D eigenvalue weighted by molar-refractivity contribution is 0.576. The van der Waals surface area contributed by atoms with E-state index in [-0.39, 0.29) is 11.9 Å². The lowest BCUT2D eigenvalue weighted by atomic mass is 9.98. The SMILES string of the molecule is CNC(c1cccc(Cl)c1)c1cc(Br)ccc1F. The molecule has 2 rings (SSSR count). The first-order chi connectivity index (χ1) is 8.61. The smallest absolute Gasteiger partial charge is 0.128 e. The van der Waals surface area contributed by atoms with Crippen LogP contribution in [-0.2, 0) is 0 Å². The average Bonchev–Trinajstić information content (AvgIpc) is 2.35. The van der Waals surface area contributed by atoms with Crippen LogP contribution >= 0.6 is 27.5 Å². The summed E-state index contributed by atoms with van der Waals surface area (Å²) >= 11 is 9.33. The molecule has 0 aromatic heterocycles. The van der Waals surface area contributed by atoms with E-state index < -0.39 is 0 Å². The summed E-state index contributed by atoms with van der Waals surface area (Å²) in [6, 6.07) is 12.1. The van der Waals surface area contributed by atoms with E-state index in [1.807, 2.05) is 18.2 Å². The Morgan fingerprint density at radius 2 is 2.00 bits per heavy atom. The second-order valence-electron chi connectivity index (χ2n) is 3.94. The lowest BCUT2D eigenvalue weighted by Crippen LogP contribution is -2.19.